The molecule has 3 N–H and O–H groups in total. The van der Waals surface area contributed by atoms with Crippen molar-refractivity contribution in [3.8, 4) is 0 Å². The fourth-order valence-corrected chi connectivity index (χ4v) is 6.90. The molecule has 2 aliphatic carbocycles. The van der Waals surface area contributed by atoms with E-state index in [0.717, 1.165) is 37.7 Å². The number of hydrogen-bond donors (Lipinski definition) is 3. The lowest BCUT2D eigenvalue weighted by molar-refractivity contribution is -0.144. The average molecular weight is 684 g/mol. The summed E-state index contributed by atoms with van der Waals surface area (Å²) >= 11 is 6.25. The maximum atomic E-state index is 14.5. The molecule has 0 bridgehead atoms. The van der Waals surface area contributed by atoms with Gasteiger partial charge in [-0.2, -0.15) is 0 Å². The lowest BCUT2D eigenvalue weighted by Crippen LogP contribution is -2.61. The summed E-state index contributed by atoms with van der Waals surface area (Å²) in [5, 5.41) is 13.5. The molecule has 12 heteroatoms. The van der Waals surface area contributed by atoms with Gasteiger partial charge in [0.05, 0.1) is 18.3 Å². The van der Waals surface area contributed by atoms with Crippen LogP contribution in [0, 0.1) is 17.3 Å². The van der Waals surface area contributed by atoms with E-state index >= 15 is 0 Å². The number of urea groups is 1. The lowest BCUT2D eigenvalue weighted by Gasteiger charge is -2.36. The molecule has 1 spiro atoms. The number of benzene rings is 1. The van der Waals surface area contributed by atoms with E-state index in [1.54, 1.807) is 12.1 Å². The van der Waals surface area contributed by atoms with Gasteiger partial charge >= 0.3 is 6.03 Å². The van der Waals surface area contributed by atoms with E-state index in [9.17, 15) is 24.0 Å². The number of ketones is 2. The van der Waals surface area contributed by atoms with Crippen molar-refractivity contribution in [2.24, 2.45) is 22.4 Å². The van der Waals surface area contributed by atoms with Gasteiger partial charge in [0.15, 0.2) is 5.60 Å². The number of oxime groups is 1. The van der Waals surface area contributed by atoms with Crippen LogP contribution in [0.25, 0.3) is 0 Å². The molecule has 0 radical (unpaired) electrons. The van der Waals surface area contributed by atoms with E-state index in [1.807, 2.05) is 53.7 Å². The molecule has 4 atom stereocenters. The monoisotopic (exact) mass is 683 g/mol. The topological polar surface area (TPSA) is 146 Å². The van der Waals surface area contributed by atoms with E-state index in [1.165, 1.54) is 4.90 Å². The number of carbonyl (C=O) groups excluding carboxylic acids is 5. The molecule has 11 nitrogen and oxygen atoms in total. The Bertz CT molecular complexity index is 1470. The minimum atomic E-state index is -1.03. The molecule has 2 saturated carbocycles. The molecule has 2 heterocycles. The summed E-state index contributed by atoms with van der Waals surface area (Å²) in [6.07, 6.45) is 5.86. The number of halogens is 1. The van der Waals surface area contributed by atoms with Gasteiger partial charge < -0.3 is 25.7 Å². The number of Topliss-reactive ketones (excluding diaryl/α,β-unsaturated/α-hetero) is 2. The second-order valence-corrected chi connectivity index (χ2v) is 16.8. The number of rotatable bonds is 11. The zero-order valence-corrected chi connectivity index (χ0v) is 29.7. The first-order valence-corrected chi connectivity index (χ1v) is 17.6. The van der Waals surface area contributed by atoms with Gasteiger partial charge in [0.1, 0.15) is 12.1 Å². The Labute approximate surface area is 288 Å². The summed E-state index contributed by atoms with van der Waals surface area (Å²) in [6, 6.07) is 3.75. The number of carbonyl (C=O) groups is 5. The molecule has 262 valence electrons. The second-order valence-electron chi connectivity index (χ2n) is 16.4. The average Bonchev–Trinajstić information content (AvgIpc) is 3.56. The van der Waals surface area contributed by atoms with Crippen LogP contribution in [0.3, 0.4) is 0 Å². The van der Waals surface area contributed by atoms with Gasteiger partial charge in [-0.1, -0.05) is 68.9 Å². The van der Waals surface area contributed by atoms with Crippen molar-refractivity contribution >= 4 is 46.7 Å². The van der Waals surface area contributed by atoms with Gasteiger partial charge in [0.25, 0.3) is 0 Å². The summed E-state index contributed by atoms with van der Waals surface area (Å²) in [6.45, 7) is 11.1. The van der Waals surface area contributed by atoms with Gasteiger partial charge in [0, 0.05) is 35.4 Å². The smallest absolute Gasteiger partial charge is 0.315 e. The van der Waals surface area contributed by atoms with Crippen molar-refractivity contribution in [1.29, 1.82) is 0 Å². The first-order valence-electron chi connectivity index (χ1n) is 17.2. The Balaban J connectivity index is 1.41. The molecule has 0 aromatic heterocycles. The van der Waals surface area contributed by atoms with Crippen LogP contribution in [0.2, 0.25) is 5.02 Å². The highest BCUT2D eigenvalue weighted by molar-refractivity contribution is 6.39. The van der Waals surface area contributed by atoms with Gasteiger partial charge in [-0.3, -0.25) is 19.2 Å². The predicted octanol–water partition coefficient (Wildman–Crippen LogP) is 4.93. The van der Waals surface area contributed by atoms with Crippen molar-refractivity contribution in [2.45, 2.75) is 129 Å². The van der Waals surface area contributed by atoms with Crippen LogP contribution in [-0.2, 0) is 24.0 Å². The van der Waals surface area contributed by atoms with Crippen LogP contribution in [0.4, 0.5) is 4.79 Å². The summed E-state index contributed by atoms with van der Waals surface area (Å²) < 4.78 is 0. The summed E-state index contributed by atoms with van der Waals surface area (Å²) in [7, 11) is 0. The normalized spacial score (nSPS) is 23.9. The maximum absolute atomic E-state index is 14.5. The molecular formula is C36H50ClN5O6. The molecule has 5 rings (SSSR count). The first kappa shape index (κ1) is 35.8. The van der Waals surface area contributed by atoms with Crippen molar-refractivity contribution in [3.05, 3.63) is 34.9 Å². The second kappa shape index (κ2) is 13.8. The van der Waals surface area contributed by atoms with Crippen molar-refractivity contribution in [2.75, 3.05) is 6.54 Å². The number of amides is 4. The highest BCUT2D eigenvalue weighted by atomic mass is 35.5. The quantitative estimate of drug-likeness (QED) is 0.282. The van der Waals surface area contributed by atoms with Gasteiger partial charge in [-0.25, -0.2) is 4.79 Å². The Morgan fingerprint density at radius 3 is 2.31 bits per heavy atom. The van der Waals surface area contributed by atoms with Crippen molar-refractivity contribution in [1.82, 2.24) is 20.9 Å². The highest BCUT2D eigenvalue weighted by Gasteiger charge is 2.56. The fraction of sp³-hybridized carbons (Fsp3) is 0.667. The van der Waals surface area contributed by atoms with Crippen LogP contribution in [0.5, 0.6) is 0 Å². The number of nitrogens with one attached hydrogen (secondary N) is 3. The molecule has 1 aromatic rings. The third-order valence-electron chi connectivity index (χ3n) is 9.73. The highest BCUT2D eigenvalue weighted by Crippen LogP contribution is 2.40. The van der Waals surface area contributed by atoms with E-state index in [-0.39, 0.29) is 31.2 Å². The Hall–Kier alpha value is -3.47. The Morgan fingerprint density at radius 1 is 1.02 bits per heavy atom. The zero-order chi connectivity index (χ0) is 35.0. The largest absolute Gasteiger partial charge is 0.387 e. The molecule has 1 aromatic carbocycles. The number of likely N-dealkylation sites (tertiary alicyclic amines) is 1. The molecular weight excluding hydrogens is 634 g/mol. The van der Waals surface area contributed by atoms with Crippen LogP contribution in [0.1, 0.15) is 105 Å². The van der Waals surface area contributed by atoms with E-state index in [2.05, 4.69) is 21.1 Å². The Morgan fingerprint density at radius 2 is 1.73 bits per heavy atom. The third kappa shape index (κ3) is 8.76. The summed E-state index contributed by atoms with van der Waals surface area (Å²) in [4.78, 5) is 75.7. The molecule has 3 fully saturated rings. The van der Waals surface area contributed by atoms with E-state index < -0.39 is 64.1 Å². The summed E-state index contributed by atoms with van der Waals surface area (Å²) in [5.41, 5.74) is -0.857. The SMILES string of the molecule is CC(C)(C)NC(=O)N[C@H](C(=O)N1C[C@@]2(CC(c3cccc(Cl)c3)=NO2)C[C@H]1C(=O)NC(CC1CCC1)C(=O)C(=O)CC1CC1)C(C)(C)C. The van der Waals surface area contributed by atoms with Crippen molar-refractivity contribution < 1.29 is 28.8 Å². The van der Waals surface area contributed by atoms with E-state index in [4.69, 9.17) is 16.4 Å². The van der Waals surface area contributed by atoms with Gasteiger partial charge in [-0.05, 0) is 69.4 Å². The fourth-order valence-electron chi connectivity index (χ4n) is 6.71. The number of hydrogen-bond acceptors (Lipinski definition) is 7. The lowest BCUT2D eigenvalue weighted by atomic mass is 9.79. The van der Waals surface area contributed by atoms with Crippen LogP contribution in [-0.4, -0.2) is 75.8 Å². The molecule has 1 saturated heterocycles. The third-order valence-corrected chi connectivity index (χ3v) is 9.97. The summed E-state index contributed by atoms with van der Waals surface area (Å²) in [5.74, 6) is -1.49. The Kier molecular flexibility index (Phi) is 10.3. The molecule has 4 amide bonds. The van der Waals surface area contributed by atoms with Crippen LogP contribution >= 0.6 is 11.6 Å². The van der Waals surface area contributed by atoms with E-state index in [0.29, 0.717) is 23.6 Å². The van der Waals surface area contributed by atoms with Crippen molar-refractivity contribution in [3.63, 3.8) is 0 Å². The first-order chi connectivity index (χ1) is 22.4. The van der Waals surface area contributed by atoms with Crippen LogP contribution in [0.15, 0.2) is 29.4 Å². The van der Waals surface area contributed by atoms with Gasteiger partial charge in [0.2, 0.25) is 23.4 Å². The molecule has 1 unspecified atom stereocenters. The van der Waals surface area contributed by atoms with Crippen LogP contribution < -0.4 is 16.0 Å². The number of nitrogens with zero attached hydrogens (tertiary/aromatic N) is 2. The molecule has 2 aliphatic heterocycles. The molecule has 48 heavy (non-hydrogen) atoms. The maximum Gasteiger partial charge on any atom is 0.315 e. The standard InChI is InChI=1S/C36H50ClN5O6/c1-34(2,3)30(39-33(47)40-35(4,5)6)32(46)42-20-36(18-26(41-48-36)23-11-8-12-24(37)17-23)19-27(42)31(45)38-25(15-21-9-7-10-21)29(44)28(43)16-22-13-14-22/h8,11-12,17,21-22,25,27,30H,7,9-10,13-16,18-20H2,1-6H3,(H,38,45)(H2,39,40,47)/t25?,27-,30+,36+/m0/s1. The predicted molar refractivity (Wildman–Crippen MR) is 182 cm³/mol. The minimum absolute atomic E-state index is 0.0362. The minimum Gasteiger partial charge on any atom is -0.387 e. The van der Waals surface area contributed by atoms with Gasteiger partial charge in [-0.15, -0.1) is 0 Å². The molecule has 4 aliphatic rings. The zero-order valence-electron chi connectivity index (χ0n) is 29.0.